The molecular weight excluding hydrogens is 373 g/mol. The van der Waals surface area contributed by atoms with E-state index in [4.69, 9.17) is 11.6 Å². The van der Waals surface area contributed by atoms with Crippen molar-refractivity contribution in [3.8, 4) is 5.69 Å². The Morgan fingerprint density at radius 1 is 1.19 bits per heavy atom. The van der Waals surface area contributed by atoms with Gasteiger partial charge in [0.15, 0.2) is 0 Å². The van der Waals surface area contributed by atoms with Gasteiger partial charge in [0.2, 0.25) is 0 Å². The Bertz CT molecular complexity index is 1030. The normalized spacial score (nSPS) is 10.5. The molecule has 27 heavy (non-hydrogen) atoms. The predicted molar refractivity (Wildman–Crippen MR) is 99.0 cm³/mol. The van der Waals surface area contributed by atoms with Gasteiger partial charge in [-0.2, -0.15) is 5.10 Å². The standard InChI is InChI=1S/C19H15ClFN3O3/c1-11-16(10-22-24(11)14-5-3-4-12(20)8-14)18(25)23-13-6-7-15(17(21)9-13)19(26)27-2/h3-10H,1-2H3,(H,23,25). The summed E-state index contributed by atoms with van der Waals surface area (Å²) < 4.78 is 20.1. The van der Waals surface area contributed by atoms with Gasteiger partial charge in [-0.15, -0.1) is 0 Å². The third kappa shape index (κ3) is 3.83. The molecule has 138 valence electrons. The van der Waals surface area contributed by atoms with Crippen LogP contribution in [0.25, 0.3) is 5.69 Å². The molecule has 0 saturated carbocycles. The molecule has 8 heteroatoms. The lowest BCUT2D eigenvalue weighted by Crippen LogP contribution is -2.14. The van der Waals surface area contributed by atoms with Crippen LogP contribution in [0.15, 0.2) is 48.7 Å². The highest BCUT2D eigenvalue weighted by Gasteiger charge is 2.17. The number of amides is 1. The highest BCUT2D eigenvalue weighted by molar-refractivity contribution is 6.30. The maximum absolute atomic E-state index is 14.0. The van der Waals surface area contributed by atoms with E-state index in [0.717, 1.165) is 13.2 Å². The van der Waals surface area contributed by atoms with Crippen molar-refractivity contribution in [3.05, 3.63) is 76.3 Å². The summed E-state index contributed by atoms with van der Waals surface area (Å²) in [6.45, 7) is 1.74. The molecule has 3 aromatic rings. The number of ether oxygens (including phenoxy) is 1. The van der Waals surface area contributed by atoms with Crippen LogP contribution < -0.4 is 5.32 Å². The molecule has 0 atom stereocenters. The SMILES string of the molecule is COC(=O)c1ccc(NC(=O)c2cnn(-c3cccc(Cl)c3)c2C)cc1F. The summed E-state index contributed by atoms with van der Waals surface area (Å²) in [5, 5.41) is 7.36. The summed E-state index contributed by atoms with van der Waals surface area (Å²) in [4.78, 5) is 24.0. The highest BCUT2D eigenvalue weighted by Crippen LogP contribution is 2.20. The number of halogens is 2. The summed E-state index contributed by atoms with van der Waals surface area (Å²) in [6, 6.07) is 10.8. The van der Waals surface area contributed by atoms with Gasteiger partial charge in [0.1, 0.15) is 5.82 Å². The largest absolute Gasteiger partial charge is 0.465 e. The fourth-order valence-electron chi connectivity index (χ4n) is 2.57. The lowest BCUT2D eigenvalue weighted by atomic mass is 10.2. The molecule has 0 spiro atoms. The second-order valence-corrected chi connectivity index (χ2v) is 6.11. The fourth-order valence-corrected chi connectivity index (χ4v) is 2.75. The van der Waals surface area contributed by atoms with E-state index in [-0.39, 0.29) is 11.3 Å². The molecule has 0 aliphatic carbocycles. The van der Waals surface area contributed by atoms with E-state index in [2.05, 4.69) is 15.2 Å². The first-order valence-corrected chi connectivity index (χ1v) is 8.28. The van der Waals surface area contributed by atoms with Crippen LogP contribution in [-0.4, -0.2) is 28.8 Å². The number of nitrogens with zero attached hydrogens (tertiary/aromatic N) is 2. The van der Waals surface area contributed by atoms with Gasteiger partial charge in [-0.05, 0) is 43.3 Å². The number of benzene rings is 2. The van der Waals surface area contributed by atoms with Crippen molar-refractivity contribution in [2.45, 2.75) is 6.92 Å². The molecule has 0 saturated heterocycles. The number of carbonyl (C=O) groups excluding carboxylic acids is 2. The average molecular weight is 388 g/mol. The van der Waals surface area contributed by atoms with E-state index in [9.17, 15) is 14.0 Å². The summed E-state index contributed by atoms with van der Waals surface area (Å²) in [6.07, 6.45) is 1.42. The maximum Gasteiger partial charge on any atom is 0.340 e. The zero-order valence-corrected chi connectivity index (χ0v) is 15.2. The molecule has 0 radical (unpaired) electrons. The Balaban J connectivity index is 1.83. The number of methoxy groups -OCH3 is 1. The smallest absolute Gasteiger partial charge is 0.340 e. The zero-order valence-electron chi connectivity index (χ0n) is 14.5. The molecule has 0 aliphatic heterocycles. The van der Waals surface area contributed by atoms with Crippen molar-refractivity contribution in [1.29, 1.82) is 0 Å². The molecule has 6 nitrogen and oxygen atoms in total. The average Bonchev–Trinajstić information content (AvgIpc) is 3.03. The van der Waals surface area contributed by atoms with E-state index < -0.39 is 17.7 Å². The number of hydrogen-bond donors (Lipinski definition) is 1. The first kappa shape index (κ1) is 18.6. The molecule has 0 aliphatic rings. The number of nitrogens with one attached hydrogen (secondary N) is 1. The Morgan fingerprint density at radius 3 is 2.63 bits per heavy atom. The highest BCUT2D eigenvalue weighted by atomic mass is 35.5. The van der Waals surface area contributed by atoms with E-state index in [1.165, 1.54) is 18.3 Å². The summed E-state index contributed by atoms with van der Waals surface area (Å²) >= 11 is 6.00. The van der Waals surface area contributed by atoms with Crippen LogP contribution >= 0.6 is 11.6 Å². The zero-order chi connectivity index (χ0) is 19.6. The lowest BCUT2D eigenvalue weighted by Gasteiger charge is -2.08. The van der Waals surface area contributed by atoms with Crippen LogP contribution in [0.4, 0.5) is 10.1 Å². The molecule has 1 amide bonds. The minimum Gasteiger partial charge on any atom is -0.465 e. The number of carbonyl (C=O) groups is 2. The number of esters is 1. The maximum atomic E-state index is 14.0. The van der Waals surface area contributed by atoms with Gasteiger partial charge in [0.05, 0.1) is 35.8 Å². The van der Waals surface area contributed by atoms with Crippen molar-refractivity contribution in [3.63, 3.8) is 0 Å². The molecule has 1 heterocycles. The second kappa shape index (κ2) is 7.59. The molecule has 3 rings (SSSR count). The van der Waals surface area contributed by atoms with E-state index in [1.54, 1.807) is 29.8 Å². The quantitative estimate of drug-likeness (QED) is 0.686. The Labute approximate surface area is 159 Å². The number of anilines is 1. The van der Waals surface area contributed by atoms with Gasteiger partial charge in [-0.1, -0.05) is 17.7 Å². The molecule has 0 bridgehead atoms. The van der Waals surface area contributed by atoms with Crippen LogP contribution in [0.3, 0.4) is 0 Å². The van der Waals surface area contributed by atoms with E-state index in [1.807, 2.05) is 6.07 Å². The Hall–Kier alpha value is -3.19. The Morgan fingerprint density at radius 2 is 1.96 bits per heavy atom. The first-order chi connectivity index (χ1) is 12.9. The third-order valence-corrected chi connectivity index (χ3v) is 4.17. The second-order valence-electron chi connectivity index (χ2n) is 5.68. The van der Waals surface area contributed by atoms with Crippen LogP contribution in [0, 0.1) is 12.7 Å². The van der Waals surface area contributed by atoms with Crippen molar-refractivity contribution >= 4 is 29.2 Å². The molecule has 0 fully saturated rings. The van der Waals surface area contributed by atoms with Crippen LogP contribution in [0.2, 0.25) is 5.02 Å². The first-order valence-electron chi connectivity index (χ1n) is 7.90. The van der Waals surface area contributed by atoms with Gasteiger partial charge >= 0.3 is 5.97 Å². The topological polar surface area (TPSA) is 73.2 Å². The Kier molecular flexibility index (Phi) is 5.23. The van der Waals surface area contributed by atoms with Crippen LogP contribution in [0.5, 0.6) is 0 Å². The van der Waals surface area contributed by atoms with Crippen molar-refractivity contribution in [2.75, 3.05) is 12.4 Å². The van der Waals surface area contributed by atoms with Gasteiger partial charge < -0.3 is 10.1 Å². The minimum atomic E-state index is -0.788. The monoisotopic (exact) mass is 387 g/mol. The lowest BCUT2D eigenvalue weighted by molar-refractivity contribution is 0.0595. The molecule has 0 unspecified atom stereocenters. The van der Waals surface area contributed by atoms with Crippen LogP contribution in [0.1, 0.15) is 26.4 Å². The predicted octanol–water partition coefficient (Wildman–Crippen LogP) is 4.01. The molecule has 1 N–H and O–H groups in total. The minimum absolute atomic E-state index is 0.208. The number of aromatic nitrogens is 2. The fraction of sp³-hybridized carbons (Fsp3) is 0.105. The van der Waals surface area contributed by atoms with Gasteiger partial charge in [-0.3, -0.25) is 4.79 Å². The van der Waals surface area contributed by atoms with E-state index >= 15 is 0 Å². The van der Waals surface area contributed by atoms with Crippen molar-refractivity contribution in [2.24, 2.45) is 0 Å². The number of hydrogen-bond acceptors (Lipinski definition) is 4. The summed E-state index contributed by atoms with van der Waals surface area (Å²) in [5.74, 6) is -2.03. The molecule has 1 aromatic heterocycles. The van der Waals surface area contributed by atoms with E-state index in [0.29, 0.717) is 22.0 Å². The molecular formula is C19H15ClFN3O3. The van der Waals surface area contributed by atoms with Gasteiger partial charge in [0, 0.05) is 10.7 Å². The summed E-state index contributed by atoms with van der Waals surface area (Å²) in [7, 11) is 1.16. The molecule has 2 aromatic carbocycles. The van der Waals surface area contributed by atoms with Crippen molar-refractivity contribution in [1.82, 2.24) is 9.78 Å². The van der Waals surface area contributed by atoms with Crippen LogP contribution in [-0.2, 0) is 4.74 Å². The van der Waals surface area contributed by atoms with Crippen molar-refractivity contribution < 1.29 is 18.7 Å². The number of rotatable bonds is 4. The van der Waals surface area contributed by atoms with Gasteiger partial charge in [0.25, 0.3) is 5.91 Å². The summed E-state index contributed by atoms with van der Waals surface area (Å²) in [5.41, 5.74) is 1.64. The third-order valence-electron chi connectivity index (χ3n) is 3.94. The van der Waals surface area contributed by atoms with Gasteiger partial charge in [-0.25, -0.2) is 13.9 Å².